The third-order valence-corrected chi connectivity index (χ3v) is 3.85. The van der Waals surface area contributed by atoms with Gasteiger partial charge in [0.15, 0.2) is 0 Å². The van der Waals surface area contributed by atoms with Crippen molar-refractivity contribution in [1.82, 2.24) is 10.2 Å². The number of amides is 2. The first-order chi connectivity index (χ1) is 9.32. The summed E-state index contributed by atoms with van der Waals surface area (Å²) < 4.78 is 0. The monoisotopic (exact) mass is 297 g/mol. The molecule has 0 aliphatic carbocycles. The molecular weight excluding hydrogens is 274 g/mol. The Balaban J connectivity index is 2.73. The lowest BCUT2D eigenvalue weighted by molar-refractivity contribution is -0.135. The van der Waals surface area contributed by atoms with Gasteiger partial charge in [0.25, 0.3) is 0 Å². The van der Waals surface area contributed by atoms with Crippen LogP contribution in [0.2, 0.25) is 0 Å². The average Bonchev–Trinajstić information content (AvgIpc) is 2.89. The van der Waals surface area contributed by atoms with Gasteiger partial charge < -0.3 is 16.0 Å². The van der Waals surface area contributed by atoms with E-state index >= 15 is 0 Å². The van der Waals surface area contributed by atoms with E-state index in [1.807, 2.05) is 31.4 Å². The van der Waals surface area contributed by atoms with E-state index in [0.717, 1.165) is 4.88 Å². The van der Waals surface area contributed by atoms with Crippen LogP contribution in [0, 0.1) is 5.92 Å². The van der Waals surface area contributed by atoms with Gasteiger partial charge in [0.1, 0.15) is 12.1 Å². The summed E-state index contributed by atoms with van der Waals surface area (Å²) >= 11 is 1.43. The fraction of sp³-hybridized carbons (Fsp3) is 0.571. The standard InChI is InChI=1S/C14H23N3O2S/c1-9(2)8-10(14(19)17(3)4)16-13(18)12(15)11-6-5-7-20-11/h5-7,9-10,12H,8,15H2,1-4H3,(H,16,18). The molecule has 0 spiro atoms. The molecule has 5 nitrogen and oxygen atoms in total. The van der Waals surface area contributed by atoms with Crippen LogP contribution >= 0.6 is 11.3 Å². The van der Waals surface area contributed by atoms with Crippen LogP contribution in [0.3, 0.4) is 0 Å². The highest BCUT2D eigenvalue weighted by atomic mass is 32.1. The maximum atomic E-state index is 12.2. The van der Waals surface area contributed by atoms with E-state index in [0.29, 0.717) is 12.3 Å². The summed E-state index contributed by atoms with van der Waals surface area (Å²) in [5, 5.41) is 4.64. The number of carbonyl (C=O) groups is 2. The normalized spacial score (nSPS) is 13.9. The second kappa shape index (κ2) is 7.40. The molecule has 0 saturated heterocycles. The summed E-state index contributed by atoms with van der Waals surface area (Å²) in [5.74, 6) is -0.110. The number of hydrogen-bond donors (Lipinski definition) is 2. The zero-order valence-electron chi connectivity index (χ0n) is 12.4. The lowest BCUT2D eigenvalue weighted by Gasteiger charge is -2.24. The van der Waals surface area contributed by atoms with Crippen molar-refractivity contribution in [2.45, 2.75) is 32.4 Å². The molecule has 2 amide bonds. The summed E-state index contributed by atoms with van der Waals surface area (Å²) in [5.41, 5.74) is 5.91. The maximum absolute atomic E-state index is 12.2. The van der Waals surface area contributed by atoms with Crippen LogP contribution in [0.1, 0.15) is 31.2 Å². The SMILES string of the molecule is CC(C)CC(NC(=O)C(N)c1cccs1)C(=O)N(C)C. The third kappa shape index (κ3) is 4.61. The number of nitrogens with two attached hydrogens (primary N) is 1. The van der Waals surface area contributed by atoms with Crippen LogP contribution in [0.25, 0.3) is 0 Å². The fourth-order valence-electron chi connectivity index (χ4n) is 1.86. The molecule has 6 heteroatoms. The summed E-state index contributed by atoms with van der Waals surface area (Å²) in [4.78, 5) is 26.5. The van der Waals surface area contributed by atoms with Crippen molar-refractivity contribution in [3.63, 3.8) is 0 Å². The smallest absolute Gasteiger partial charge is 0.244 e. The number of hydrogen-bond acceptors (Lipinski definition) is 4. The first-order valence-electron chi connectivity index (χ1n) is 6.63. The Bertz CT molecular complexity index is 443. The molecule has 20 heavy (non-hydrogen) atoms. The Labute approximate surface area is 124 Å². The third-order valence-electron chi connectivity index (χ3n) is 2.89. The van der Waals surface area contributed by atoms with Gasteiger partial charge in [-0.25, -0.2) is 0 Å². The van der Waals surface area contributed by atoms with Gasteiger partial charge in [0, 0.05) is 19.0 Å². The number of nitrogens with zero attached hydrogens (tertiary/aromatic N) is 1. The minimum Gasteiger partial charge on any atom is -0.347 e. The molecule has 1 rings (SSSR count). The zero-order chi connectivity index (χ0) is 15.3. The van der Waals surface area contributed by atoms with E-state index in [4.69, 9.17) is 5.73 Å². The number of rotatable bonds is 6. The van der Waals surface area contributed by atoms with Gasteiger partial charge in [-0.1, -0.05) is 19.9 Å². The quantitative estimate of drug-likeness (QED) is 0.832. The molecule has 3 N–H and O–H groups in total. The molecule has 0 aliphatic heterocycles. The predicted octanol–water partition coefficient (Wildman–Crippen LogP) is 1.37. The molecule has 2 unspecified atom stereocenters. The van der Waals surface area contributed by atoms with Gasteiger partial charge in [0.05, 0.1) is 0 Å². The molecule has 0 radical (unpaired) electrons. The average molecular weight is 297 g/mol. The lowest BCUT2D eigenvalue weighted by atomic mass is 10.0. The van der Waals surface area contributed by atoms with E-state index in [9.17, 15) is 9.59 Å². The molecule has 1 aromatic rings. The van der Waals surface area contributed by atoms with E-state index < -0.39 is 12.1 Å². The van der Waals surface area contributed by atoms with Gasteiger partial charge in [-0.3, -0.25) is 9.59 Å². The molecule has 0 aromatic carbocycles. The molecule has 1 aromatic heterocycles. The minimum atomic E-state index is -0.723. The highest BCUT2D eigenvalue weighted by molar-refractivity contribution is 7.10. The van der Waals surface area contributed by atoms with Gasteiger partial charge in [-0.05, 0) is 23.8 Å². The van der Waals surface area contributed by atoms with Gasteiger partial charge >= 0.3 is 0 Å². The van der Waals surface area contributed by atoms with Crippen LogP contribution < -0.4 is 11.1 Å². The molecule has 0 fully saturated rings. The second-order valence-corrected chi connectivity index (χ2v) is 6.40. The fourth-order valence-corrected chi connectivity index (χ4v) is 2.59. The first kappa shape index (κ1) is 16.7. The van der Waals surface area contributed by atoms with Crippen molar-refractivity contribution in [1.29, 1.82) is 0 Å². The highest BCUT2D eigenvalue weighted by Crippen LogP contribution is 2.17. The molecule has 0 saturated carbocycles. The molecule has 112 valence electrons. The second-order valence-electron chi connectivity index (χ2n) is 5.42. The van der Waals surface area contributed by atoms with Crippen molar-refractivity contribution in [3.05, 3.63) is 22.4 Å². The number of carbonyl (C=O) groups excluding carboxylic acids is 2. The highest BCUT2D eigenvalue weighted by Gasteiger charge is 2.26. The minimum absolute atomic E-state index is 0.106. The number of likely N-dealkylation sites (N-methyl/N-ethyl adjacent to an activating group) is 1. The molecule has 0 bridgehead atoms. The van der Waals surface area contributed by atoms with Gasteiger partial charge in [0.2, 0.25) is 11.8 Å². The summed E-state index contributed by atoms with van der Waals surface area (Å²) in [6.45, 7) is 4.03. The summed E-state index contributed by atoms with van der Waals surface area (Å²) in [7, 11) is 3.36. The van der Waals surface area contributed by atoms with Crippen molar-refractivity contribution in [2.24, 2.45) is 11.7 Å². The topological polar surface area (TPSA) is 75.4 Å². The Morgan fingerprint density at radius 3 is 2.50 bits per heavy atom. The van der Waals surface area contributed by atoms with E-state index in [1.165, 1.54) is 16.2 Å². The zero-order valence-corrected chi connectivity index (χ0v) is 13.2. The van der Waals surface area contributed by atoms with E-state index in [1.54, 1.807) is 14.1 Å². The van der Waals surface area contributed by atoms with Crippen molar-refractivity contribution in [3.8, 4) is 0 Å². The van der Waals surface area contributed by atoms with Gasteiger partial charge in [-0.2, -0.15) is 0 Å². The summed E-state index contributed by atoms with van der Waals surface area (Å²) in [6, 6.07) is 2.42. The van der Waals surface area contributed by atoms with E-state index in [-0.39, 0.29) is 11.8 Å². The van der Waals surface area contributed by atoms with Crippen LogP contribution in [-0.2, 0) is 9.59 Å². The van der Waals surface area contributed by atoms with Gasteiger partial charge in [-0.15, -0.1) is 11.3 Å². The lowest BCUT2D eigenvalue weighted by Crippen LogP contribution is -2.49. The largest absolute Gasteiger partial charge is 0.347 e. The number of nitrogens with one attached hydrogen (secondary N) is 1. The van der Waals surface area contributed by atoms with Crippen LogP contribution in [0.5, 0.6) is 0 Å². The molecule has 0 aliphatic rings. The Morgan fingerprint density at radius 2 is 2.05 bits per heavy atom. The Kier molecular flexibility index (Phi) is 6.16. The van der Waals surface area contributed by atoms with Crippen molar-refractivity contribution >= 4 is 23.2 Å². The Morgan fingerprint density at radius 1 is 1.40 bits per heavy atom. The predicted molar refractivity (Wildman–Crippen MR) is 81.3 cm³/mol. The Hall–Kier alpha value is -1.40. The molecular formula is C14H23N3O2S. The van der Waals surface area contributed by atoms with Crippen LogP contribution in [-0.4, -0.2) is 36.9 Å². The summed E-state index contributed by atoms with van der Waals surface area (Å²) in [6.07, 6.45) is 0.597. The first-order valence-corrected chi connectivity index (χ1v) is 7.51. The van der Waals surface area contributed by atoms with Crippen molar-refractivity contribution < 1.29 is 9.59 Å². The van der Waals surface area contributed by atoms with E-state index in [2.05, 4.69) is 5.32 Å². The number of thiophene rings is 1. The van der Waals surface area contributed by atoms with Crippen LogP contribution in [0.15, 0.2) is 17.5 Å². The maximum Gasteiger partial charge on any atom is 0.244 e. The van der Waals surface area contributed by atoms with Crippen molar-refractivity contribution in [2.75, 3.05) is 14.1 Å². The van der Waals surface area contributed by atoms with Crippen LogP contribution in [0.4, 0.5) is 0 Å². The molecule has 2 atom stereocenters. The molecule has 1 heterocycles.